The molecule has 2 aliphatic heterocycles. The van der Waals surface area contributed by atoms with Crippen molar-refractivity contribution >= 4 is 5.91 Å². The Balaban J connectivity index is 1.43. The number of aliphatic hydroxyl groups is 1. The lowest BCUT2D eigenvalue weighted by molar-refractivity contribution is -0.0525. The van der Waals surface area contributed by atoms with E-state index in [1.54, 1.807) is 29.6 Å². The van der Waals surface area contributed by atoms with Crippen molar-refractivity contribution in [1.82, 2.24) is 19.4 Å². The summed E-state index contributed by atoms with van der Waals surface area (Å²) in [5.41, 5.74) is -1.05. The zero-order chi connectivity index (χ0) is 18.7. The number of ether oxygens (including phenoxy) is 1. The lowest BCUT2D eigenvalue weighted by Gasteiger charge is -2.33. The van der Waals surface area contributed by atoms with Crippen molar-refractivity contribution in [2.24, 2.45) is 0 Å². The largest absolute Gasteiger partial charge is 0.454 e. The molecule has 4 heterocycles. The average Bonchev–Trinajstić information content (AvgIpc) is 3.39. The molecule has 0 aromatic carbocycles. The van der Waals surface area contributed by atoms with Crippen molar-refractivity contribution < 1.29 is 19.1 Å². The quantitative estimate of drug-likeness (QED) is 0.834. The van der Waals surface area contributed by atoms with Gasteiger partial charge < -0.3 is 28.6 Å². The fourth-order valence-corrected chi connectivity index (χ4v) is 3.84. The maximum absolute atomic E-state index is 12.9. The third-order valence-corrected chi connectivity index (χ3v) is 5.14. The number of likely N-dealkylation sites (tertiary alicyclic amines) is 1. The van der Waals surface area contributed by atoms with Gasteiger partial charge >= 0.3 is 0 Å². The Morgan fingerprint density at radius 2 is 2.11 bits per heavy atom. The molecule has 1 unspecified atom stereocenters. The van der Waals surface area contributed by atoms with Crippen LogP contribution < -0.4 is 0 Å². The molecule has 0 radical (unpaired) electrons. The molecule has 1 atom stereocenters. The monoisotopic (exact) mass is 374 g/mol. The first-order valence-corrected chi connectivity index (χ1v) is 9.48. The summed E-state index contributed by atoms with van der Waals surface area (Å²) >= 11 is 0. The first kappa shape index (κ1) is 18.2. The Morgan fingerprint density at radius 3 is 2.89 bits per heavy atom. The highest BCUT2D eigenvalue weighted by molar-refractivity contribution is 5.91. The predicted molar refractivity (Wildman–Crippen MR) is 97.4 cm³/mol. The second kappa shape index (κ2) is 7.84. The highest BCUT2D eigenvalue weighted by Crippen LogP contribution is 2.20. The fraction of sp³-hybridized carbons (Fsp3) is 0.579. The Labute approximate surface area is 158 Å². The van der Waals surface area contributed by atoms with E-state index in [1.165, 1.54) is 0 Å². The highest BCUT2D eigenvalue weighted by atomic mass is 16.5. The number of carbonyl (C=O) groups excluding carboxylic acids is 1. The molecule has 2 aliphatic rings. The van der Waals surface area contributed by atoms with Crippen LogP contribution in [0.2, 0.25) is 0 Å². The van der Waals surface area contributed by atoms with Crippen LogP contribution in [0.3, 0.4) is 0 Å². The Kier molecular flexibility index (Phi) is 5.29. The standard InChI is InChI=1S/C19H26N4O4/c24-18(17-4-3-16(27-17)11-22-8-5-20-15-22)23-9-10-26-14-19(25,13-23)12-21-6-1-2-7-21/h3-5,8,15,25H,1-2,6-7,9-14H2. The lowest BCUT2D eigenvalue weighted by atomic mass is 10.0. The Hall–Kier alpha value is -2.16. The summed E-state index contributed by atoms with van der Waals surface area (Å²) in [6.45, 7) is 4.39. The van der Waals surface area contributed by atoms with Gasteiger partial charge in [0.1, 0.15) is 11.4 Å². The van der Waals surface area contributed by atoms with E-state index in [2.05, 4.69) is 9.88 Å². The van der Waals surface area contributed by atoms with Gasteiger partial charge in [0.25, 0.3) is 5.91 Å². The van der Waals surface area contributed by atoms with Crippen LogP contribution in [0.5, 0.6) is 0 Å². The first-order valence-electron chi connectivity index (χ1n) is 9.48. The van der Waals surface area contributed by atoms with Crippen molar-refractivity contribution in [3.8, 4) is 0 Å². The summed E-state index contributed by atoms with van der Waals surface area (Å²) in [6, 6.07) is 3.50. The summed E-state index contributed by atoms with van der Waals surface area (Å²) < 4.78 is 13.2. The highest BCUT2D eigenvalue weighted by Gasteiger charge is 2.37. The van der Waals surface area contributed by atoms with Gasteiger partial charge in [0.05, 0.1) is 32.6 Å². The predicted octanol–water partition coefficient (Wildman–Crippen LogP) is 0.824. The van der Waals surface area contributed by atoms with E-state index < -0.39 is 5.60 Å². The molecule has 4 rings (SSSR count). The maximum Gasteiger partial charge on any atom is 0.289 e. The molecule has 146 valence electrons. The lowest BCUT2D eigenvalue weighted by Crippen LogP contribution is -2.52. The molecular formula is C19H26N4O4. The third kappa shape index (κ3) is 4.40. The number of imidazole rings is 1. The van der Waals surface area contributed by atoms with Crippen molar-refractivity contribution in [2.75, 3.05) is 45.9 Å². The number of furan rings is 1. The molecule has 27 heavy (non-hydrogen) atoms. The molecule has 8 heteroatoms. The van der Waals surface area contributed by atoms with Gasteiger partial charge in [0.2, 0.25) is 0 Å². The van der Waals surface area contributed by atoms with Crippen LogP contribution in [-0.2, 0) is 11.3 Å². The average molecular weight is 374 g/mol. The van der Waals surface area contributed by atoms with Crippen LogP contribution in [0.1, 0.15) is 29.2 Å². The fourth-order valence-electron chi connectivity index (χ4n) is 3.84. The van der Waals surface area contributed by atoms with Crippen molar-refractivity contribution in [3.05, 3.63) is 42.4 Å². The molecule has 2 fully saturated rings. The number of β-amino-alcohol motifs (C(OH)–C–C–N with tert-alkyl or cyclic N) is 1. The zero-order valence-electron chi connectivity index (χ0n) is 15.4. The topological polar surface area (TPSA) is 84.0 Å². The van der Waals surface area contributed by atoms with E-state index in [1.807, 2.05) is 10.8 Å². The van der Waals surface area contributed by atoms with Crippen LogP contribution >= 0.6 is 0 Å². The molecule has 1 amide bonds. The molecule has 2 saturated heterocycles. The van der Waals surface area contributed by atoms with Gasteiger partial charge in [-0.25, -0.2) is 4.98 Å². The molecule has 2 aromatic rings. The molecule has 0 bridgehead atoms. The minimum atomic E-state index is -1.05. The molecule has 8 nitrogen and oxygen atoms in total. The van der Waals surface area contributed by atoms with Crippen LogP contribution in [-0.4, -0.2) is 81.9 Å². The molecular weight excluding hydrogens is 348 g/mol. The number of amides is 1. The van der Waals surface area contributed by atoms with Crippen LogP contribution in [0.15, 0.2) is 35.3 Å². The number of carbonyl (C=O) groups is 1. The number of nitrogens with zero attached hydrogens (tertiary/aromatic N) is 4. The number of aromatic nitrogens is 2. The van der Waals surface area contributed by atoms with Gasteiger partial charge in [0.15, 0.2) is 5.76 Å². The minimum absolute atomic E-state index is 0.211. The van der Waals surface area contributed by atoms with E-state index in [9.17, 15) is 9.90 Å². The SMILES string of the molecule is O=C(c1ccc(Cn2ccnc2)o1)N1CCOCC(O)(CN2CCCC2)C1. The van der Waals surface area contributed by atoms with Crippen molar-refractivity contribution in [3.63, 3.8) is 0 Å². The number of hydrogen-bond acceptors (Lipinski definition) is 6. The van der Waals surface area contributed by atoms with Gasteiger partial charge in [-0.2, -0.15) is 0 Å². The molecule has 0 aliphatic carbocycles. The summed E-state index contributed by atoms with van der Waals surface area (Å²) in [4.78, 5) is 20.8. The Morgan fingerprint density at radius 1 is 1.26 bits per heavy atom. The number of hydrogen-bond donors (Lipinski definition) is 1. The van der Waals surface area contributed by atoms with Crippen LogP contribution in [0.25, 0.3) is 0 Å². The van der Waals surface area contributed by atoms with Crippen molar-refractivity contribution in [2.45, 2.75) is 25.0 Å². The normalized spacial score (nSPS) is 24.3. The minimum Gasteiger partial charge on any atom is -0.454 e. The number of rotatable bonds is 5. The summed E-state index contributed by atoms with van der Waals surface area (Å²) in [6.07, 6.45) is 7.56. The molecule has 0 saturated carbocycles. The first-order chi connectivity index (χ1) is 13.1. The van der Waals surface area contributed by atoms with Crippen LogP contribution in [0.4, 0.5) is 0 Å². The zero-order valence-corrected chi connectivity index (χ0v) is 15.4. The van der Waals surface area contributed by atoms with Gasteiger partial charge in [-0.15, -0.1) is 0 Å². The van der Waals surface area contributed by atoms with Gasteiger partial charge in [-0.3, -0.25) is 4.79 Å². The van der Waals surface area contributed by atoms with Gasteiger partial charge in [0, 0.05) is 25.5 Å². The van der Waals surface area contributed by atoms with Gasteiger partial charge in [-0.1, -0.05) is 0 Å². The molecule has 2 aromatic heterocycles. The maximum atomic E-state index is 12.9. The second-order valence-electron chi connectivity index (χ2n) is 7.49. The third-order valence-electron chi connectivity index (χ3n) is 5.14. The van der Waals surface area contributed by atoms with E-state index in [0.29, 0.717) is 32.0 Å². The summed E-state index contributed by atoms with van der Waals surface area (Å²) in [7, 11) is 0. The second-order valence-corrected chi connectivity index (χ2v) is 7.49. The summed E-state index contributed by atoms with van der Waals surface area (Å²) in [5.74, 6) is 0.766. The van der Waals surface area contributed by atoms with E-state index >= 15 is 0 Å². The van der Waals surface area contributed by atoms with Crippen molar-refractivity contribution in [1.29, 1.82) is 0 Å². The Bertz CT molecular complexity index is 754. The van der Waals surface area contributed by atoms with E-state index in [-0.39, 0.29) is 24.8 Å². The summed E-state index contributed by atoms with van der Waals surface area (Å²) in [5, 5.41) is 11.1. The van der Waals surface area contributed by atoms with E-state index in [0.717, 1.165) is 25.9 Å². The van der Waals surface area contributed by atoms with Crippen LogP contribution in [0, 0.1) is 0 Å². The van der Waals surface area contributed by atoms with E-state index in [4.69, 9.17) is 9.15 Å². The molecule has 1 N–H and O–H groups in total. The molecule has 0 spiro atoms. The van der Waals surface area contributed by atoms with Gasteiger partial charge in [-0.05, 0) is 38.1 Å². The smallest absolute Gasteiger partial charge is 0.289 e.